The number of carbonyl (C=O) groups is 1. The summed E-state index contributed by atoms with van der Waals surface area (Å²) in [6.07, 6.45) is 3.62. The van der Waals surface area contributed by atoms with Gasteiger partial charge in [0.05, 0.1) is 5.75 Å². The molecule has 0 aromatic rings. The van der Waals surface area contributed by atoms with Crippen molar-refractivity contribution in [2.45, 2.75) is 39.0 Å². The highest BCUT2D eigenvalue weighted by Gasteiger charge is 2.41. The van der Waals surface area contributed by atoms with Gasteiger partial charge in [-0.2, -0.15) is 0 Å². The van der Waals surface area contributed by atoms with Crippen molar-refractivity contribution in [2.75, 3.05) is 18.1 Å². The van der Waals surface area contributed by atoms with Crippen LogP contribution in [0.2, 0.25) is 0 Å². The van der Waals surface area contributed by atoms with Crippen molar-refractivity contribution < 1.29 is 13.2 Å². The van der Waals surface area contributed by atoms with Crippen molar-refractivity contribution >= 4 is 15.6 Å². The minimum atomic E-state index is -2.94. The average molecular weight is 247 g/mol. The SMILES string of the molecule is CCS(=O)(=O)CCCC(=O)C1(CN)CCC1. The normalized spacial score (nSPS) is 19.1. The molecule has 1 saturated carbocycles. The number of hydrogen-bond donors (Lipinski definition) is 1. The fourth-order valence-electron chi connectivity index (χ4n) is 2.06. The van der Waals surface area contributed by atoms with Gasteiger partial charge in [-0.1, -0.05) is 13.3 Å². The van der Waals surface area contributed by atoms with Gasteiger partial charge in [0.1, 0.15) is 15.6 Å². The van der Waals surface area contributed by atoms with Crippen molar-refractivity contribution in [3.63, 3.8) is 0 Å². The summed E-state index contributed by atoms with van der Waals surface area (Å²) in [4.78, 5) is 11.9. The van der Waals surface area contributed by atoms with Crippen LogP contribution in [-0.4, -0.2) is 32.3 Å². The zero-order valence-electron chi connectivity index (χ0n) is 9.87. The highest BCUT2D eigenvalue weighted by Crippen LogP contribution is 2.41. The van der Waals surface area contributed by atoms with Gasteiger partial charge in [0.2, 0.25) is 0 Å². The molecule has 0 aromatic carbocycles. The molecule has 1 fully saturated rings. The van der Waals surface area contributed by atoms with E-state index in [-0.39, 0.29) is 22.7 Å². The smallest absolute Gasteiger partial charge is 0.150 e. The largest absolute Gasteiger partial charge is 0.329 e. The van der Waals surface area contributed by atoms with Gasteiger partial charge in [0.15, 0.2) is 0 Å². The van der Waals surface area contributed by atoms with Gasteiger partial charge >= 0.3 is 0 Å². The molecule has 1 aliphatic carbocycles. The van der Waals surface area contributed by atoms with E-state index in [0.29, 0.717) is 19.4 Å². The van der Waals surface area contributed by atoms with E-state index >= 15 is 0 Å². The molecule has 4 nitrogen and oxygen atoms in total. The average Bonchev–Trinajstić information content (AvgIpc) is 2.17. The summed E-state index contributed by atoms with van der Waals surface area (Å²) < 4.78 is 22.5. The molecule has 0 unspecified atom stereocenters. The quantitative estimate of drug-likeness (QED) is 0.725. The minimum Gasteiger partial charge on any atom is -0.329 e. The van der Waals surface area contributed by atoms with Crippen molar-refractivity contribution in [3.8, 4) is 0 Å². The number of sulfone groups is 1. The lowest BCUT2D eigenvalue weighted by molar-refractivity contribution is -0.132. The lowest BCUT2D eigenvalue weighted by Crippen LogP contribution is -2.44. The van der Waals surface area contributed by atoms with Crippen LogP contribution in [0.3, 0.4) is 0 Å². The van der Waals surface area contributed by atoms with Crippen LogP contribution in [0.5, 0.6) is 0 Å². The Balaban J connectivity index is 2.36. The Bertz CT molecular complexity index is 339. The number of hydrogen-bond acceptors (Lipinski definition) is 4. The van der Waals surface area contributed by atoms with Gasteiger partial charge in [-0.05, 0) is 19.3 Å². The van der Waals surface area contributed by atoms with Crippen LogP contribution < -0.4 is 5.73 Å². The molecule has 16 heavy (non-hydrogen) atoms. The third-order valence-electron chi connectivity index (χ3n) is 3.59. The predicted molar refractivity (Wildman–Crippen MR) is 63.9 cm³/mol. The molecule has 0 bridgehead atoms. The standard InChI is InChI=1S/C11H21NO3S/c1-2-16(14,15)8-3-5-10(13)11(9-12)6-4-7-11/h2-9,12H2,1H3. The van der Waals surface area contributed by atoms with Gasteiger partial charge in [-0.25, -0.2) is 8.42 Å². The number of Topliss-reactive ketones (excluding diaryl/α,β-unsaturated/α-hetero) is 1. The first-order chi connectivity index (χ1) is 7.46. The summed E-state index contributed by atoms with van der Waals surface area (Å²) in [5, 5.41) is 0. The molecule has 1 rings (SSSR count). The molecular formula is C11H21NO3S. The molecule has 0 saturated heterocycles. The Kier molecular flexibility index (Phi) is 4.50. The second-order valence-electron chi connectivity index (χ2n) is 4.60. The van der Waals surface area contributed by atoms with Crippen molar-refractivity contribution in [1.29, 1.82) is 0 Å². The molecule has 0 amide bonds. The summed E-state index contributed by atoms with van der Waals surface area (Å²) in [5.74, 6) is 0.437. The van der Waals surface area contributed by atoms with E-state index in [1.54, 1.807) is 6.92 Å². The first-order valence-electron chi connectivity index (χ1n) is 5.89. The van der Waals surface area contributed by atoms with E-state index in [1.807, 2.05) is 0 Å². The second-order valence-corrected chi connectivity index (χ2v) is 7.07. The molecule has 0 heterocycles. The van der Waals surface area contributed by atoms with Crippen LogP contribution in [0.4, 0.5) is 0 Å². The van der Waals surface area contributed by atoms with E-state index in [9.17, 15) is 13.2 Å². The Labute approximate surface area is 97.5 Å². The van der Waals surface area contributed by atoms with Crippen LogP contribution in [0, 0.1) is 5.41 Å². The molecule has 0 spiro atoms. The zero-order valence-corrected chi connectivity index (χ0v) is 10.7. The van der Waals surface area contributed by atoms with Gasteiger partial charge < -0.3 is 5.73 Å². The summed E-state index contributed by atoms with van der Waals surface area (Å²) in [5.41, 5.74) is 5.30. The highest BCUT2D eigenvalue weighted by atomic mass is 32.2. The minimum absolute atomic E-state index is 0.121. The third-order valence-corrected chi connectivity index (χ3v) is 5.38. The van der Waals surface area contributed by atoms with Gasteiger partial charge in [-0.3, -0.25) is 4.79 Å². The molecule has 5 heteroatoms. The van der Waals surface area contributed by atoms with E-state index in [4.69, 9.17) is 5.73 Å². The van der Waals surface area contributed by atoms with E-state index in [2.05, 4.69) is 0 Å². The van der Waals surface area contributed by atoms with Crippen molar-refractivity contribution in [2.24, 2.45) is 11.1 Å². The van der Waals surface area contributed by atoms with Crippen molar-refractivity contribution in [1.82, 2.24) is 0 Å². The number of ketones is 1. The maximum absolute atomic E-state index is 11.9. The first-order valence-corrected chi connectivity index (χ1v) is 7.72. The molecule has 0 atom stereocenters. The molecular weight excluding hydrogens is 226 g/mol. The number of nitrogens with two attached hydrogens (primary N) is 1. The Morgan fingerprint density at radius 3 is 2.38 bits per heavy atom. The fourth-order valence-corrected chi connectivity index (χ4v) is 2.94. The lowest BCUT2D eigenvalue weighted by Gasteiger charge is -2.39. The Morgan fingerprint density at radius 1 is 1.38 bits per heavy atom. The van der Waals surface area contributed by atoms with Crippen molar-refractivity contribution in [3.05, 3.63) is 0 Å². The van der Waals surface area contributed by atoms with E-state index in [0.717, 1.165) is 19.3 Å². The molecule has 0 radical (unpaired) electrons. The molecule has 94 valence electrons. The molecule has 0 aliphatic heterocycles. The van der Waals surface area contributed by atoms with Crippen LogP contribution >= 0.6 is 0 Å². The van der Waals surface area contributed by atoms with Gasteiger partial charge in [0, 0.05) is 24.1 Å². The summed E-state index contributed by atoms with van der Waals surface area (Å²) in [6, 6.07) is 0. The first kappa shape index (κ1) is 13.6. The Morgan fingerprint density at radius 2 is 2.00 bits per heavy atom. The van der Waals surface area contributed by atoms with Crippen LogP contribution in [-0.2, 0) is 14.6 Å². The predicted octanol–water partition coefficient (Wildman–Crippen LogP) is 0.899. The number of rotatable bonds is 7. The molecule has 2 N–H and O–H groups in total. The molecule has 1 aliphatic rings. The maximum atomic E-state index is 11.9. The van der Waals surface area contributed by atoms with Crippen LogP contribution in [0.15, 0.2) is 0 Å². The van der Waals surface area contributed by atoms with Gasteiger partial charge in [0.25, 0.3) is 0 Å². The Hall–Kier alpha value is -0.420. The lowest BCUT2D eigenvalue weighted by atomic mass is 9.65. The highest BCUT2D eigenvalue weighted by molar-refractivity contribution is 7.91. The third kappa shape index (κ3) is 3.04. The van der Waals surface area contributed by atoms with E-state index in [1.165, 1.54) is 0 Å². The fraction of sp³-hybridized carbons (Fsp3) is 0.909. The second kappa shape index (κ2) is 5.27. The number of carbonyl (C=O) groups excluding carboxylic acids is 1. The van der Waals surface area contributed by atoms with Crippen LogP contribution in [0.25, 0.3) is 0 Å². The topological polar surface area (TPSA) is 77.2 Å². The molecule has 0 aromatic heterocycles. The van der Waals surface area contributed by atoms with Gasteiger partial charge in [-0.15, -0.1) is 0 Å². The van der Waals surface area contributed by atoms with E-state index < -0.39 is 9.84 Å². The summed E-state index contributed by atoms with van der Waals surface area (Å²) in [6.45, 7) is 2.04. The monoisotopic (exact) mass is 247 g/mol. The summed E-state index contributed by atoms with van der Waals surface area (Å²) >= 11 is 0. The van der Waals surface area contributed by atoms with Crippen LogP contribution in [0.1, 0.15) is 39.0 Å². The maximum Gasteiger partial charge on any atom is 0.150 e. The zero-order chi connectivity index (χ0) is 12.2. The summed E-state index contributed by atoms with van der Waals surface area (Å²) in [7, 11) is -2.94.